The summed E-state index contributed by atoms with van der Waals surface area (Å²) in [5.74, 6) is 2.19. The number of nitrogens with zero attached hydrogens (tertiary/aromatic N) is 5. The van der Waals surface area contributed by atoms with Crippen LogP contribution in [0.15, 0.2) is 146 Å². The minimum Gasteiger partial charge on any atom is -0.456 e. The normalized spacial score (nSPS) is 12.5. The molecule has 0 saturated carbocycles. The zero-order valence-corrected chi connectivity index (χ0v) is 35.5. The van der Waals surface area contributed by atoms with E-state index in [-0.39, 0.29) is 16.2 Å². The topological polar surface area (TPSA) is 48.8 Å². The van der Waals surface area contributed by atoms with Crippen molar-refractivity contribution in [3.63, 3.8) is 0 Å². The van der Waals surface area contributed by atoms with Crippen molar-refractivity contribution in [3.05, 3.63) is 169 Å². The largest absolute Gasteiger partial charge is 0.456 e. The maximum atomic E-state index is 6.67. The zero-order chi connectivity index (χ0) is 41.3. The number of pyridine rings is 2. The summed E-state index contributed by atoms with van der Waals surface area (Å²) in [5.41, 5.74) is 12.3. The van der Waals surface area contributed by atoms with Crippen LogP contribution in [0.2, 0.25) is 0 Å². The number of benzene rings is 5. The second kappa shape index (κ2) is 14.1. The molecule has 0 unspecified atom stereocenters. The first-order valence-corrected chi connectivity index (χ1v) is 20.5. The molecular formula is C53H51N5O. The average molecular weight is 774 g/mol. The van der Waals surface area contributed by atoms with Gasteiger partial charge in [0.2, 0.25) is 0 Å². The first-order valence-electron chi connectivity index (χ1n) is 20.5. The predicted molar refractivity (Wildman–Crippen MR) is 242 cm³/mol. The molecule has 0 radical (unpaired) electrons. The average Bonchev–Trinajstić information content (AvgIpc) is 3.76. The molecule has 4 heterocycles. The summed E-state index contributed by atoms with van der Waals surface area (Å²) in [6.45, 7) is 20.5. The monoisotopic (exact) mass is 773 g/mol. The molecule has 6 heteroatoms. The van der Waals surface area contributed by atoms with Crippen LogP contribution < -0.4 is 9.30 Å². The lowest BCUT2D eigenvalue weighted by Crippen LogP contribution is -2.31. The third kappa shape index (κ3) is 7.18. The molecule has 0 aliphatic carbocycles. The maximum absolute atomic E-state index is 6.67. The fraction of sp³-hybridized carbons (Fsp3) is 0.226. The van der Waals surface area contributed by atoms with Gasteiger partial charge >= 0.3 is 0 Å². The Morgan fingerprint density at radius 2 is 1.25 bits per heavy atom. The molecule has 0 bridgehead atoms. The molecule has 9 rings (SSSR count). The Balaban J connectivity index is 1.15. The SMILES string of the molecule is CC(C)(C)c1cc(-[n+]2[c-]n(-c3cncc(Oc4ccc5c6cc(-c7ccccc7)ccc6n(-c6ccccn6)c5c4)c3)c3ccc(C(C)(C)C)cc32)cc(C(C)(C)C)c1. The summed E-state index contributed by atoms with van der Waals surface area (Å²) in [4.78, 5) is 9.47. The fourth-order valence-corrected chi connectivity index (χ4v) is 7.89. The predicted octanol–water partition coefficient (Wildman–Crippen LogP) is 12.9. The van der Waals surface area contributed by atoms with Crippen molar-refractivity contribution in [1.82, 2.24) is 19.1 Å². The van der Waals surface area contributed by atoms with E-state index >= 15 is 0 Å². The summed E-state index contributed by atoms with van der Waals surface area (Å²) >= 11 is 0. The first-order chi connectivity index (χ1) is 28.1. The van der Waals surface area contributed by atoms with E-state index in [0.29, 0.717) is 11.5 Å². The van der Waals surface area contributed by atoms with Gasteiger partial charge in [0.15, 0.2) is 0 Å². The van der Waals surface area contributed by atoms with E-state index in [4.69, 9.17) is 14.7 Å². The summed E-state index contributed by atoms with van der Waals surface area (Å²) in [6.07, 6.45) is 9.24. The zero-order valence-electron chi connectivity index (χ0n) is 35.5. The highest BCUT2D eigenvalue weighted by atomic mass is 16.5. The molecule has 5 aromatic carbocycles. The van der Waals surface area contributed by atoms with E-state index in [1.54, 1.807) is 6.20 Å². The summed E-state index contributed by atoms with van der Waals surface area (Å²) in [5, 5.41) is 2.28. The minimum atomic E-state index is -0.0270. The van der Waals surface area contributed by atoms with Crippen molar-refractivity contribution < 1.29 is 9.30 Å². The van der Waals surface area contributed by atoms with Crippen LogP contribution in [0.4, 0.5) is 0 Å². The van der Waals surface area contributed by atoms with Crippen molar-refractivity contribution in [2.24, 2.45) is 0 Å². The molecule has 294 valence electrons. The minimum absolute atomic E-state index is 0.0266. The lowest BCUT2D eigenvalue weighted by Gasteiger charge is -2.26. The quantitative estimate of drug-likeness (QED) is 0.125. The van der Waals surface area contributed by atoms with Crippen LogP contribution in [0, 0.1) is 6.33 Å². The summed E-state index contributed by atoms with van der Waals surface area (Å²) in [7, 11) is 0. The highest BCUT2D eigenvalue weighted by Gasteiger charge is 2.24. The van der Waals surface area contributed by atoms with Gasteiger partial charge in [-0.05, 0) is 105 Å². The van der Waals surface area contributed by atoms with Gasteiger partial charge in [-0.3, -0.25) is 18.7 Å². The van der Waals surface area contributed by atoms with Crippen LogP contribution in [0.5, 0.6) is 11.5 Å². The molecule has 0 fully saturated rings. The number of fused-ring (bicyclic) bond motifs is 4. The van der Waals surface area contributed by atoms with Crippen LogP contribution in [-0.2, 0) is 16.2 Å². The van der Waals surface area contributed by atoms with Gasteiger partial charge in [0.25, 0.3) is 6.33 Å². The molecule has 0 amide bonds. The molecule has 0 spiro atoms. The van der Waals surface area contributed by atoms with E-state index in [9.17, 15) is 0 Å². The Labute approximate surface area is 347 Å². The number of aromatic nitrogens is 5. The van der Waals surface area contributed by atoms with Gasteiger partial charge in [0.05, 0.1) is 39.6 Å². The molecule has 0 aliphatic rings. The first kappa shape index (κ1) is 38.0. The van der Waals surface area contributed by atoms with Gasteiger partial charge in [0, 0.05) is 29.2 Å². The van der Waals surface area contributed by atoms with Gasteiger partial charge in [-0.15, -0.1) is 0 Å². The summed E-state index contributed by atoms with van der Waals surface area (Å²) < 4.78 is 13.2. The van der Waals surface area contributed by atoms with Crippen molar-refractivity contribution in [1.29, 1.82) is 0 Å². The van der Waals surface area contributed by atoms with Gasteiger partial charge in [-0.25, -0.2) is 4.98 Å². The van der Waals surface area contributed by atoms with Crippen molar-refractivity contribution in [2.75, 3.05) is 0 Å². The second-order valence-electron chi connectivity index (χ2n) is 18.8. The molecule has 9 aromatic rings. The third-order valence-corrected chi connectivity index (χ3v) is 11.3. The molecule has 0 aliphatic heterocycles. The molecule has 59 heavy (non-hydrogen) atoms. The Morgan fingerprint density at radius 3 is 1.95 bits per heavy atom. The standard InChI is InChI=1S/C53H51N5O/c1-51(2,3)37-19-23-47-49(29-37)56(40-27-38(52(4,5)6)26-39(28-40)53(7,8)9)34-57(47)41-30-43(33-54-32-41)59-42-20-21-44-45-25-36(35-15-11-10-12-16-35)18-22-46(45)58(48(44)31-42)50-17-13-14-24-55-50/h10-33H,1-9H3. The molecular weight excluding hydrogens is 723 g/mol. The Kier molecular flexibility index (Phi) is 9.08. The lowest BCUT2D eigenvalue weighted by molar-refractivity contribution is -0.572. The van der Waals surface area contributed by atoms with Crippen LogP contribution >= 0.6 is 0 Å². The van der Waals surface area contributed by atoms with Crippen LogP contribution in [-0.4, -0.2) is 19.1 Å². The van der Waals surface area contributed by atoms with Gasteiger partial charge in [-0.1, -0.05) is 123 Å². The molecule has 0 atom stereocenters. The number of rotatable bonds is 6. The van der Waals surface area contributed by atoms with Crippen LogP contribution in [0.1, 0.15) is 79.0 Å². The smallest absolute Gasteiger partial charge is 0.269 e. The molecule has 0 N–H and O–H groups in total. The molecule has 6 nitrogen and oxygen atoms in total. The van der Waals surface area contributed by atoms with E-state index in [2.05, 4.69) is 179 Å². The number of ether oxygens (including phenoxy) is 1. The van der Waals surface area contributed by atoms with Gasteiger partial charge in [0.1, 0.15) is 17.3 Å². The molecule has 0 saturated heterocycles. The number of hydrogen-bond acceptors (Lipinski definition) is 3. The molecule has 4 aromatic heterocycles. The lowest BCUT2D eigenvalue weighted by atomic mass is 9.80. The fourth-order valence-electron chi connectivity index (χ4n) is 7.89. The summed E-state index contributed by atoms with van der Waals surface area (Å²) in [6, 6.07) is 45.3. The van der Waals surface area contributed by atoms with Crippen molar-refractivity contribution in [3.8, 4) is 39.8 Å². The van der Waals surface area contributed by atoms with Crippen LogP contribution in [0.3, 0.4) is 0 Å². The van der Waals surface area contributed by atoms with Crippen molar-refractivity contribution >= 4 is 32.8 Å². The number of imidazole rings is 1. The Hall–Kier alpha value is -6.53. The number of hydrogen-bond donors (Lipinski definition) is 0. The van der Waals surface area contributed by atoms with E-state index in [0.717, 1.165) is 50.0 Å². The van der Waals surface area contributed by atoms with E-state index < -0.39 is 0 Å². The van der Waals surface area contributed by atoms with Crippen molar-refractivity contribution in [2.45, 2.75) is 78.6 Å². The van der Waals surface area contributed by atoms with Gasteiger partial charge in [-0.2, -0.15) is 0 Å². The highest BCUT2D eigenvalue weighted by Crippen LogP contribution is 2.38. The Bertz CT molecular complexity index is 2980. The van der Waals surface area contributed by atoms with E-state index in [1.807, 2.05) is 42.7 Å². The third-order valence-electron chi connectivity index (χ3n) is 11.3. The van der Waals surface area contributed by atoms with Gasteiger partial charge < -0.3 is 4.74 Å². The van der Waals surface area contributed by atoms with E-state index in [1.165, 1.54) is 27.8 Å². The highest BCUT2D eigenvalue weighted by molar-refractivity contribution is 6.10. The van der Waals surface area contributed by atoms with Crippen LogP contribution in [0.25, 0.3) is 61.2 Å². The maximum Gasteiger partial charge on any atom is 0.269 e. The second-order valence-corrected chi connectivity index (χ2v) is 18.8. The Morgan fingerprint density at radius 1 is 0.542 bits per heavy atom.